The predicted molar refractivity (Wildman–Crippen MR) is 114 cm³/mol. The van der Waals surface area contributed by atoms with Crippen molar-refractivity contribution in [3.05, 3.63) is 38.0 Å². The van der Waals surface area contributed by atoms with Crippen LogP contribution in [0, 0.1) is 0 Å². The van der Waals surface area contributed by atoms with Crippen molar-refractivity contribution in [2.45, 2.75) is 51.9 Å². The van der Waals surface area contributed by atoms with Gasteiger partial charge in [-0.3, -0.25) is 4.99 Å². The maximum atomic E-state index is 4.84. The summed E-state index contributed by atoms with van der Waals surface area (Å²) < 4.78 is 0. The summed E-state index contributed by atoms with van der Waals surface area (Å²) in [6.45, 7) is 4.88. The maximum Gasteiger partial charge on any atom is 0.193 e. The molecule has 0 unspecified atom stereocenters. The molecule has 1 N–H and O–H groups in total. The van der Waals surface area contributed by atoms with Crippen LogP contribution in [0.25, 0.3) is 0 Å². The van der Waals surface area contributed by atoms with Crippen LogP contribution < -0.4 is 5.32 Å². The zero-order valence-electron chi connectivity index (χ0n) is 16.0. The molecule has 0 saturated carbocycles. The van der Waals surface area contributed by atoms with Crippen LogP contribution in [0.15, 0.2) is 22.5 Å². The summed E-state index contributed by atoms with van der Waals surface area (Å²) in [7, 11) is 2.13. The van der Waals surface area contributed by atoms with Gasteiger partial charge in [0.2, 0.25) is 0 Å². The molecule has 0 saturated heterocycles. The Labute approximate surface area is 165 Å². The van der Waals surface area contributed by atoms with Gasteiger partial charge in [0.25, 0.3) is 0 Å². The molecule has 1 aliphatic rings. The van der Waals surface area contributed by atoms with Crippen molar-refractivity contribution in [2.75, 3.05) is 26.7 Å². The third-order valence-corrected chi connectivity index (χ3v) is 6.82. The highest BCUT2D eigenvalue weighted by Crippen LogP contribution is 2.27. The van der Waals surface area contributed by atoms with E-state index < -0.39 is 0 Å². The highest BCUT2D eigenvalue weighted by molar-refractivity contribution is 7.11. The average molecular weight is 391 g/mol. The number of rotatable bonds is 8. The average Bonchev–Trinajstić information content (AvgIpc) is 3.31. The van der Waals surface area contributed by atoms with E-state index in [2.05, 4.69) is 41.7 Å². The molecule has 0 bridgehead atoms. The summed E-state index contributed by atoms with van der Waals surface area (Å²) in [5, 5.41) is 6.87. The van der Waals surface area contributed by atoms with E-state index in [1.807, 2.05) is 22.7 Å². The molecule has 6 heteroatoms. The lowest BCUT2D eigenvalue weighted by molar-refractivity contribution is 0.486. The van der Waals surface area contributed by atoms with Gasteiger partial charge in [-0.2, -0.15) is 0 Å². The summed E-state index contributed by atoms with van der Waals surface area (Å²) in [5.41, 5.74) is 1.38. The largest absolute Gasteiger partial charge is 0.357 e. The third-order valence-electron chi connectivity index (χ3n) is 4.67. The molecule has 3 rings (SSSR count). The quantitative estimate of drug-likeness (QED) is 0.418. The Balaban J connectivity index is 1.46. The monoisotopic (exact) mass is 390 g/mol. The van der Waals surface area contributed by atoms with Gasteiger partial charge in [-0.15, -0.1) is 22.7 Å². The lowest BCUT2D eigenvalue weighted by Crippen LogP contribution is -2.40. The topological polar surface area (TPSA) is 40.5 Å². The fourth-order valence-corrected chi connectivity index (χ4v) is 5.13. The van der Waals surface area contributed by atoms with Crippen molar-refractivity contribution in [3.8, 4) is 0 Å². The molecule has 0 fully saturated rings. The molecular formula is C20H30N4S2. The van der Waals surface area contributed by atoms with Gasteiger partial charge in [-0.25, -0.2) is 4.98 Å². The minimum Gasteiger partial charge on any atom is -0.357 e. The number of hydrogen-bond acceptors (Lipinski definition) is 4. The number of fused-ring (bicyclic) bond motifs is 1. The molecule has 2 aromatic rings. The minimum absolute atomic E-state index is 0.857. The first-order valence-corrected chi connectivity index (χ1v) is 11.4. The highest BCUT2D eigenvalue weighted by Gasteiger charge is 2.14. The molecule has 0 spiro atoms. The molecule has 26 heavy (non-hydrogen) atoms. The molecule has 2 aromatic heterocycles. The zero-order chi connectivity index (χ0) is 18.2. The first-order chi connectivity index (χ1) is 12.8. The van der Waals surface area contributed by atoms with Crippen LogP contribution in [0.2, 0.25) is 0 Å². The molecule has 0 aromatic carbocycles. The molecule has 1 aliphatic carbocycles. The Hall–Kier alpha value is -1.40. The van der Waals surface area contributed by atoms with Gasteiger partial charge >= 0.3 is 0 Å². The normalized spacial score (nSPS) is 14.3. The van der Waals surface area contributed by atoms with E-state index in [1.54, 1.807) is 0 Å². The van der Waals surface area contributed by atoms with E-state index in [4.69, 9.17) is 9.98 Å². The third kappa shape index (κ3) is 5.55. The number of nitrogens with one attached hydrogen (secondary N) is 1. The molecule has 0 radical (unpaired) electrons. The number of nitrogens with zero attached hydrogens (tertiary/aromatic N) is 3. The van der Waals surface area contributed by atoms with Crippen LogP contribution in [0.5, 0.6) is 0 Å². The van der Waals surface area contributed by atoms with Crippen molar-refractivity contribution >= 4 is 28.6 Å². The summed E-state index contributed by atoms with van der Waals surface area (Å²) >= 11 is 3.76. The second-order valence-corrected chi connectivity index (χ2v) is 8.98. The number of thiophene rings is 1. The van der Waals surface area contributed by atoms with Crippen molar-refractivity contribution in [3.63, 3.8) is 0 Å². The number of aryl methyl sites for hydroxylation is 3. The van der Waals surface area contributed by atoms with Crippen LogP contribution in [0.1, 0.15) is 46.6 Å². The van der Waals surface area contributed by atoms with Crippen LogP contribution in [-0.2, 0) is 25.7 Å². The standard InChI is InChI=1S/C20H30N4S2/c1-3-21-20(24(2)14-12-16-8-7-15-25-16)22-13-6-11-19-23-17-9-4-5-10-18(17)26-19/h7-8,15H,3-6,9-14H2,1-2H3,(H,21,22). The number of likely N-dealkylation sites (N-methyl/N-ethyl adjacent to an activating group) is 1. The summed E-state index contributed by atoms with van der Waals surface area (Å²) in [4.78, 5) is 14.9. The predicted octanol–water partition coefficient (Wildman–Crippen LogP) is 4.16. The van der Waals surface area contributed by atoms with Crippen LogP contribution in [0.4, 0.5) is 0 Å². The van der Waals surface area contributed by atoms with Crippen molar-refractivity contribution in [1.29, 1.82) is 0 Å². The minimum atomic E-state index is 0.857. The van der Waals surface area contributed by atoms with E-state index in [-0.39, 0.29) is 0 Å². The van der Waals surface area contributed by atoms with Gasteiger partial charge in [0.15, 0.2) is 5.96 Å². The van der Waals surface area contributed by atoms with Gasteiger partial charge in [0.1, 0.15) is 0 Å². The van der Waals surface area contributed by atoms with Crippen LogP contribution in [-0.4, -0.2) is 42.5 Å². The van der Waals surface area contributed by atoms with E-state index in [0.717, 1.165) is 44.9 Å². The van der Waals surface area contributed by atoms with Gasteiger partial charge in [-0.1, -0.05) is 6.07 Å². The van der Waals surface area contributed by atoms with E-state index in [1.165, 1.54) is 46.1 Å². The van der Waals surface area contributed by atoms with Gasteiger partial charge < -0.3 is 10.2 Å². The summed E-state index contributed by atoms with van der Waals surface area (Å²) in [5.74, 6) is 1.02. The maximum absolute atomic E-state index is 4.84. The van der Waals surface area contributed by atoms with Crippen molar-refractivity contribution < 1.29 is 0 Å². The molecule has 2 heterocycles. The van der Waals surface area contributed by atoms with E-state index in [9.17, 15) is 0 Å². The fourth-order valence-electron chi connectivity index (χ4n) is 3.24. The molecule has 0 aliphatic heterocycles. The fraction of sp³-hybridized carbons (Fsp3) is 0.600. The lowest BCUT2D eigenvalue weighted by atomic mass is 10.0. The lowest BCUT2D eigenvalue weighted by Gasteiger charge is -2.21. The van der Waals surface area contributed by atoms with Gasteiger partial charge in [-0.05, 0) is 56.9 Å². The number of aliphatic imine (C=N–C) groups is 1. The van der Waals surface area contributed by atoms with Gasteiger partial charge in [0.05, 0.1) is 10.7 Å². The second-order valence-electron chi connectivity index (χ2n) is 6.77. The summed E-state index contributed by atoms with van der Waals surface area (Å²) in [6.07, 6.45) is 8.27. The number of thiazole rings is 1. The first-order valence-electron chi connectivity index (χ1n) is 9.75. The Morgan fingerprint density at radius 2 is 2.19 bits per heavy atom. The molecular weight excluding hydrogens is 360 g/mol. The Bertz CT molecular complexity index is 667. The van der Waals surface area contributed by atoms with Crippen LogP contribution in [0.3, 0.4) is 0 Å². The number of guanidine groups is 1. The highest BCUT2D eigenvalue weighted by atomic mass is 32.1. The molecule has 0 amide bonds. The van der Waals surface area contributed by atoms with Gasteiger partial charge in [0, 0.05) is 42.9 Å². The smallest absolute Gasteiger partial charge is 0.193 e. The number of hydrogen-bond donors (Lipinski definition) is 1. The molecule has 4 nitrogen and oxygen atoms in total. The van der Waals surface area contributed by atoms with Crippen molar-refractivity contribution in [1.82, 2.24) is 15.2 Å². The van der Waals surface area contributed by atoms with Crippen molar-refractivity contribution in [2.24, 2.45) is 4.99 Å². The molecule has 0 atom stereocenters. The number of aromatic nitrogens is 1. The van der Waals surface area contributed by atoms with E-state index in [0.29, 0.717) is 0 Å². The molecule has 142 valence electrons. The first kappa shape index (κ1) is 19.4. The zero-order valence-corrected chi connectivity index (χ0v) is 17.6. The Morgan fingerprint density at radius 1 is 1.31 bits per heavy atom. The summed E-state index contributed by atoms with van der Waals surface area (Å²) in [6, 6.07) is 4.33. The Morgan fingerprint density at radius 3 is 2.96 bits per heavy atom. The van der Waals surface area contributed by atoms with Crippen LogP contribution >= 0.6 is 22.7 Å². The Kier molecular flexibility index (Phi) is 7.50. The SMILES string of the molecule is CCNC(=NCCCc1nc2c(s1)CCCC2)N(C)CCc1cccs1. The van der Waals surface area contributed by atoms with E-state index >= 15 is 0 Å². The second kappa shape index (κ2) is 10.1.